The van der Waals surface area contributed by atoms with Gasteiger partial charge in [0.05, 0.1) is 6.54 Å². The number of likely N-dealkylation sites (tertiary alicyclic amines) is 1. The molecule has 0 spiro atoms. The normalized spacial score (nSPS) is 18.2. The minimum atomic E-state index is 0.143. The van der Waals surface area contributed by atoms with Crippen LogP contribution in [0.15, 0.2) is 29.6 Å². The van der Waals surface area contributed by atoms with E-state index in [4.69, 9.17) is 0 Å². The van der Waals surface area contributed by atoms with Crippen LogP contribution in [-0.4, -0.2) is 45.2 Å². The Morgan fingerprint density at radius 3 is 2.92 bits per heavy atom. The molecule has 0 unspecified atom stereocenters. The Bertz CT molecular complexity index is 954. The van der Waals surface area contributed by atoms with Crippen LogP contribution in [0.5, 0.6) is 0 Å². The second kappa shape index (κ2) is 6.48. The Labute approximate surface area is 155 Å². The van der Waals surface area contributed by atoms with Crippen LogP contribution in [0.25, 0.3) is 10.1 Å². The number of nitrogens with one attached hydrogen (secondary N) is 1. The van der Waals surface area contributed by atoms with Gasteiger partial charge in [-0.05, 0) is 47.9 Å². The van der Waals surface area contributed by atoms with Gasteiger partial charge >= 0.3 is 0 Å². The van der Waals surface area contributed by atoms with Crippen molar-refractivity contribution in [3.63, 3.8) is 0 Å². The Morgan fingerprint density at radius 2 is 2.04 bits per heavy atom. The summed E-state index contributed by atoms with van der Waals surface area (Å²) in [7, 11) is 0. The van der Waals surface area contributed by atoms with E-state index in [9.17, 15) is 4.79 Å². The predicted molar refractivity (Wildman–Crippen MR) is 101 cm³/mol. The number of hydrogen-bond acceptors (Lipinski definition) is 5. The molecule has 1 amide bonds. The molecule has 0 saturated carbocycles. The minimum Gasteiger partial charge on any atom is -0.339 e. The van der Waals surface area contributed by atoms with Gasteiger partial charge in [0.15, 0.2) is 0 Å². The highest BCUT2D eigenvalue weighted by Crippen LogP contribution is 2.29. The fourth-order valence-electron chi connectivity index (χ4n) is 4.04. The molecule has 5 rings (SSSR count). The van der Waals surface area contributed by atoms with E-state index in [0.29, 0.717) is 5.92 Å². The van der Waals surface area contributed by atoms with Crippen LogP contribution in [0.4, 0.5) is 0 Å². The molecular weight excluding hydrogens is 346 g/mol. The molecule has 2 aromatic heterocycles. The molecule has 2 aliphatic rings. The first-order chi connectivity index (χ1) is 12.8. The van der Waals surface area contributed by atoms with Crippen LogP contribution in [0.1, 0.15) is 40.8 Å². The molecule has 0 bridgehead atoms. The number of nitrogens with zero attached hydrogens (tertiary/aromatic N) is 4. The molecule has 134 valence electrons. The van der Waals surface area contributed by atoms with Crippen molar-refractivity contribution in [2.75, 3.05) is 19.6 Å². The zero-order valence-electron chi connectivity index (χ0n) is 14.5. The quantitative estimate of drug-likeness (QED) is 0.756. The molecular formula is C19H21N5OS. The Hall–Kier alpha value is -2.25. The Morgan fingerprint density at radius 1 is 1.15 bits per heavy atom. The number of hydrogen-bond donors (Lipinski definition) is 1. The number of rotatable bonds is 2. The Balaban J connectivity index is 1.29. The van der Waals surface area contributed by atoms with E-state index in [0.717, 1.165) is 68.2 Å². The number of carbonyl (C=O) groups excluding carboxylic acids is 1. The zero-order valence-corrected chi connectivity index (χ0v) is 15.3. The zero-order chi connectivity index (χ0) is 17.5. The maximum atomic E-state index is 12.9. The van der Waals surface area contributed by atoms with Crippen LogP contribution in [-0.2, 0) is 13.1 Å². The van der Waals surface area contributed by atoms with E-state index in [1.807, 2.05) is 17.0 Å². The highest BCUT2D eigenvalue weighted by molar-refractivity contribution is 7.17. The first kappa shape index (κ1) is 16.0. The number of carbonyl (C=O) groups is 1. The molecule has 1 fully saturated rings. The molecule has 1 aromatic carbocycles. The summed E-state index contributed by atoms with van der Waals surface area (Å²) in [6.07, 6.45) is 1.91. The molecule has 1 saturated heterocycles. The summed E-state index contributed by atoms with van der Waals surface area (Å²) in [6, 6.07) is 8.10. The second-order valence-corrected chi connectivity index (χ2v) is 7.99. The smallest absolute Gasteiger partial charge is 0.253 e. The maximum Gasteiger partial charge on any atom is 0.253 e. The lowest BCUT2D eigenvalue weighted by Gasteiger charge is -2.32. The summed E-state index contributed by atoms with van der Waals surface area (Å²) >= 11 is 1.71. The monoisotopic (exact) mass is 367 g/mol. The largest absolute Gasteiger partial charge is 0.339 e. The molecule has 0 radical (unpaired) electrons. The summed E-state index contributed by atoms with van der Waals surface area (Å²) in [5, 5.41) is 15.3. The van der Waals surface area contributed by atoms with Crippen molar-refractivity contribution >= 4 is 27.3 Å². The van der Waals surface area contributed by atoms with Gasteiger partial charge in [0.1, 0.15) is 11.6 Å². The molecule has 7 heteroatoms. The van der Waals surface area contributed by atoms with Gasteiger partial charge in [0, 0.05) is 42.4 Å². The van der Waals surface area contributed by atoms with Crippen LogP contribution in [0.2, 0.25) is 0 Å². The minimum absolute atomic E-state index is 0.143. The molecule has 3 aromatic rings. The summed E-state index contributed by atoms with van der Waals surface area (Å²) < 4.78 is 3.50. The maximum absolute atomic E-state index is 12.9. The van der Waals surface area contributed by atoms with E-state index in [-0.39, 0.29) is 5.91 Å². The predicted octanol–water partition coefficient (Wildman–Crippen LogP) is 2.62. The van der Waals surface area contributed by atoms with Gasteiger partial charge in [-0.1, -0.05) is 0 Å². The van der Waals surface area contributed by atoms with Gasteiger partial charge in [-0.15, -0.1) is 21.5 Å². The van der Waals surface area contributed by atoms with Gasteiger partial charge in [0.25, 0.3) is 5.91 Å². The van der Waals surface area contributed by atoms with Gasteiger partial charge in [-0.3, -0.25) is 4.79 Å². The first-order valence-corrected chi connectivity index (χ1v) is 10.1. The average Bonchev–Trinajstić information content (AvgIpc) is 3.34. The molecule has 6 nitrogen and oxygen atoms in total. The summed E-state index contributed by atoms with van der Waals surface area (Å²) in [5.74, 6) is 2.68. The van der Waals surface area contributed by atoms with E-state index in [1.165, 1.54) is 4.70 Å². The van der Waals surface area contributed by atoms with Gasteiger partial charge < -0.3 is 14.8 Å². The van der Waals surface area contributed by atoms with Crippen LogP contribution >= 0.6 is 11.3 Å². The topological polar surface area (TPSA) is 63.1 Å². The van der Waals surface area contributed by atoms with E-state index in [1.54, 1.807) is 11.3 Å². The van der Waals surface area contributed by atoms with E-state index >= 15 is 0 Å². The van der Waals surface area contributed by atoms with Gasteiger partial charge in [-0.25, -0.2) is 0 Å². The number of aromatic nitrogens is 3. The van der Waals surface area contributed by atoms with Gasteiger partial charge in [0.2, 0.25) is 0 Å². The molecule has 26 heavy (non-hydrogen) atoms. The lowest BCUT2D eigenvalue weighted by atomic mass is 9.95. The summed E-state index contributed by atoms with van der Waals surface area (Å²) in [5.41, 5.74) is 0.792. The number of amides is 1. The van der Waals surface area contributed by atoms with Gasteiger partial charge in [-0.2, -0.15) is 0 Å². The molecule has 0 atom stereocenters. The lowest BCUT2D eigenvalue weighted by molar-refractivity contribution is 0.0710. The highest BCUT2D eigenvalue weighted by atomic mass is 32.1. The van der Waals surface area contributed by atoms with Crippen molar-refractivity contribution < 1.29 is 4.79 Å². The first-order valence-electron chi connectivity index (χ1n) is 9.19. The molecule has 1 N–H and O–H groups in total. The third-order valence-electron chi connectivity index (χ3n) is 5.50. The van der Waals surface area contributed by atoms with Crippen molar-refractivity contribution in [1.82, 2.24) is 25.0 Å². The van der Waals surface area contributed by atoms with E-state index in [2.05, 4.69) is 37.6 Å². The average molecular weight is 367 g/mol. The fourth-order valence-corrected chi connectivity index (χ4v) is 4.81. The van der Waals surface area contributed by atoms with Crippen molar-refractivity contribution in [2.24, 2.45) is 0 Å². The summed E-state index contributed by atoms with van der Waals surface area (Å²) in [4.78, 5) is 14.9. The summed E-state index contributed by atoms with van der Waals surface area (Å²) in [6.45, 7) is 4.28. The number of thiophene rings is 1. The molecule has 2 aliphatic heterocycles. The SMILES string of the molecule is O=C(c1ccc2sccc2c1)N1CCC(c2nnc3n2CCNC3)CC1. The number of benzene rings is 1. The third kappa shape index (κ3) is 2.71. The van der Waals surface area contributed by atoms with Crippen molar-refractivity contribution in [1.29, 1.82) is 0 Å². The number of fused-ring (bicyclic) bond motifs is 2. The lowest BCUT2D eigenvalue weighted by Crippen LogP contribution is -2.38. The van der Waals surface area contributed by atoms with E-state index < -0.39 is 0 Å². The second-order valence-electron chi connectivity index (χ2n) is 7.04. The van der Waals surface area contributed by atoms with Crippen molar-refractivity contribution in [3.05, 3.63) is 46.9 Å². The van der Waals surface area contributed by atoms with Crippen molar-refractivity contribution in [3.8, 4) is 0 Å². The fraction of sp³-hybridized carbons (Fsp3) is 0.421. The van der Waals surface area contributed by atoms with Crippen LogP contribution in [0, 0.1) is 0 Å². The number of piperidine rings is 1. The highest BCUT2D eigenvalue weighted by Gasteiger charge is 2.29. The Kier molecular flexibility index (Phi) is 3.98. The van der Waals surface area contributed by atoms with Crippen molar-refractivity contribution in [2.45, 2.75) is 31.8 Å². The van der Waals surface area contributed by atoms with Crippen LogP contribution in [0.3, 0.4) is 0 Å². The molecule has 0 aliphatic carbocycles. The van der Waals surface area contributed by atoms with Crippen LogP contribution < -0.4 is 5.32 Å². The standard InChI is InChI=1S/C19H21N5OS/c25-19(15-1-2-16-14(11-15)5-10-26-16)23-7-3-13(4-8-23)18-22-21-17-12-20-6-9-24(17)18/h1-2,5,10-11,13,20H,3-4,6-9,12H2. The third-order valence-corrected chi connectivity index (χ3v) is 6.40. The molecule has 4 heterocycles.